The minimum Gasteiger partial charge on any atom is -0.321 e. The van der Waals surface area contributed by atoms with E-state index in [1.807, 2.05) is 0 Å². The molecule has 0 aliphatic heterocycles. The van der Waals surface area contributed by atoms with E-state index in [1.54, 1.807) is 6.92 Å². The molecule has 12 heteroatoms. The maximum atomic E-state index is 12.9. The van der Waals surface area contributed by atoms with Crippen molar-refractivity contribution in [3.05, 3.63) is 51.2 Å². The fraction of sp³-hybridized carbons (Fsp3) is 0.133. The lowest BCUT2D eigenvalue weighted by Gasteiger charge is -2.08. The largest absolute Gasteiger partial charge is 0.321 e. The zero-order valence-electron chi connectivity index (χ0n) is 13.6. The molecule has 0 aliphatic rings. The van der Waals surface area contributed by atoms with Crippen molar-refractivity contribution in [2.45, 2.75) is 18.2 Å². The average Bonchev–Trinajstić information content (AvgIpc) is 3.24. The van der Waals surface area contributed by atoms with E-state index in [1.165, 1.54) is 35.7 Å². The molecule has 0 aliphatic carbocycles. The summed E-state index contributed by atoms with van der Waals surface area (Å²) in [5.74, 6) is -0.682. The third kappa shape index (κ3) is 4.46. The average molecular weight is 430 g/mol. The second-order valence-corrected chi connectivity index (χ2v) is 9.00. The lowest BCUT2D eigenvalue weighted by atomic mass is 10.2. The summed E-state index contributed by atoms with van der Waals surface area (Å²) in [6.07, 6.45) is -2.75. The van der Waals surface area contributed by atoms with Crippen LogP contribution < -0.4 is 10.0 Å². The summed E-state index contributed by atoms with van der Waals surface area (Å²) in [6, 6.07) is 6.50. The van der Waals surface area contributed by atoms with Crippen molar-refractivity contribution < 1.29 is 22.0 Å². The molecule has 142 valence electrons. The molecular formula is C15H12F2N4O3S3. The minimum absolute atomic E-state index is 0.0438. The second kappa shape index (κ2) is 7.66. The molecule has 0 radical (unpaired) electrons. The second-order valence-electron chi connectivity index (χ2n) is 5.22. The van der Waals surface area contributed by atoms with Gasteiger partial charge in [0.2, 0.25) is 5.13 Å². The number of benzene rings is 1. The van der Waals surface area contributed by atoms with Crippen molar-refractivity contribution in [2.75, 3.05) is 10.0 Å². The molecule has 2 heterocycles. The predicted molar refractivity (Wildman–Crippen MR) is 99.1 cm³/mol. The Morgan fingerprint density at radius 3 is 2.44 bits per heavy atom. The third-order valence-corrected chi connectivity index (χ3v) is 6.47. The Bertz CT molecular complexity index is 1060. The molecular weight excluding hydrogens is 418 g/mol. The summed E-state index contributed by atoms with van der Waals surface area (Å²) in [5, 5.41) is 12.1. The lowest BCUT2D eigenvalue weighted by Crippen LogP contribution is -2.14. The molecule has 7 nitrogen and oxygen atoms in total. The van der Waals surface area contributed by atoms with Crippen LogP contribution in [0.2, 0.25) is 0 Å². The molecule has 1 aromatic carbocycles. The van der Waals surface area contributed by atoms with Crippen molar-refractivity contribution in [1.82, 2.24) is 10.2 Å². The summed E-state index contributed by atoms with van der Waals surface area (Å²) in [6.45, 7) is 1.69. The van der Waals surface area contributed by atoms with Crippen LogP contribution in [0.25, 0.3) is 0 Å². The fourth-order valence-electron chi connectivity index (χ4n) is 2.09. The Kier molecular flexibility index (Phi) is 5.48. The van der Waals surface area contributed by atoms with Gasteiger partial charge in [-0.3, -0.25) is 9.52 Å². The summed E-state index contributed by atoms with van der Waals surface area (Å²) < 4.78 is 52.7. The van der Waals surface area contributed by atoms with Crippen LogP contribution in [0.5, 0.6) is 0 Å². The van der Waals surface area contributed by atoms with Gasteiger partial charge < -0.3 is 5.32 Å². The molecule has 1 amide bonds. The maximum Gasteiger partial charge on any atom is 0.266 e. The summed E-state index contributed by atoms with van der Waals surface area (Å²) in [7, 11) is -3.86. The Morgan fingerprint density at radius 2 is 1.85 bits per heavy atom. The Morgan fingerprint density at radius 1 is 1.15 bits per heavy atom. The van der Waals surface area contributed by atoms with E-state index in [0.29, 0.717) is 5.01 Å². The van der Waals surface area contributed by atoms with E-state index in [2.05, 4.69) is 20.2 Å². The van der Waals surface area contributed by atoms with Gasteiger partial charge in [0.15, 0.2) is 0 Å². The highest BCUT2D eigenvalue weighted by atomic mass is 32.2. The van der Waals surface area contributed by atoms with Crippen molar-refractivity contribution in [3.63, 3.8) is 0 Å². The molecule has 27 heavy (non-hydrogen) atoms. The number of carbonyl (C=O) groups excluding carboxylic acids is 1. The maximum absolute atomic E-state index is 12.9. The number of thiophene rings is 1. The fourth-order valence-corrected chi connectivity index (χ4v) is 4.72. The highest BCUT2D eigenvalue weighted by Crippen LogP contribution is 2.28. The van der Waals surface area contributed by atoms with E-state index in [0.717, 1.165) is 22.7 Å². The zero-order valence-corrected chi connectivity index (χ0v) is 16.1. The highest BCUT2D eigenvalue weighted by Gasteiger charge is 2.20. The van der Waals surface area contributed by atoms with Gasteiger partial charge >= 0.3 is 0 Å². The van der Waals surface area contributed by atoms with Crippen LogP contribution in [0.15, 0.2) is 40.6 Å². The molecule has 0 fully saturated rings. The van der Waals surface area contributed by atoms with Crippen molar-refractivity contribution in [1.29, 1.82) is 0 Å². The molecule has 2 aromatic heterocycles. The molecule has 3 aromatic rings. The van der Waals surface area contributed by atoms with Crippen LogP contribution in [0.3, 0.4) is 0 Å². The number of carbonyl (C=O) groups is 1. The number of anilines is 2. The number of nitrogens with one attached hydrogen (secondary N) is 2. The number of nitrogens with zero attached hydrogens (tertiary/aromatic N) is 2. The molecule has 3 rings (SSSR count). The standard InChI is InChI=1S/C15H12F2N4O3S3/c1-8-19-20-15(26-8)21-27(23,24)10-4-2-9(3-5-10)18-14(22)12-11(13(16)17)6-7-25-12/h2-7,13H,1H3,(H,18,22)(H,20,21). The van der Waals surface area contributed by atoms with Crippen LogP contribution >= 0.6 is 22.7 Å². The number of rotatable bonds is 6. The molecule has 0 bridgehead atoms. The van der Waals surface area contributed by atoms with Gasteiger partial charge in [-0.25, -0.2) is 17.2 Å². The van der Waals surface area contributed by atoms with Gasteiger partial charge in [0, 0.05) is 11.3 Å². The molecule has 0 atom stereocenters. The van der Waals surface area contributed by atoms with Crippen LogP contribution in [-0.4, -0.2) is 24.5 Å². The SMILES string of the molecule is Cc1nnc(NS(=O)(=O)c2ccc(NC(=O)c3sccc3C(F)F)cc2)s1. The first kappa shape index (κ1) is 19.3. The van der Waals surface area contributed by atoms with Gasteiger partial charge in [-0.1, -0.05) is 11.3 Å². The molecule has 0 unspecified atom stereocenters. The van der Waals surface area contributed by atoms with Crippen molar-refractivity contribution in [3.8, 4) is 0 Å². The Balaban J connectivity index is 1.73. The smallest absolute Gasteiger partial charge is 0.266 e. The quantitative estimate of drug-likeness (QED) is 0.618. The Hall–Kier alpha value is -2.44. The summed E-state index contributed by atoms with van der Waals surface area (Å²) in [4.78, 5) is 12.0. The highest BCUT2D eigenvalue weighted by molar-refractivity contribution is 7.93. The lowest BCUT2D eigenvalue weighted by molar-refractivity contribution is 0.101. The topological polar surface area (TPSA) is 101 Å². The number of aryl methyl sites for hydroxylation is 1. The van der Waals surface area contributed by atoms with Gasteiger partial charge in [-0.2, -0.15) is 0 Å². The monoisotopic (exact) mass is 430 g/mol. The molecule has 2 N–H and O–H groups in total. The van der Waals surface area contributed by atoms with Crippen molar-refractivity contribution >= 4 is 49.4 Å². The number of sulfonamides is 1. The number of hydrogen-bond donors (Lipinski definition) is 2. The first-order valence-electron chi connectivity index (χ1n) is 7.36. The minimum atomic E-state index is -3.86. The van der Waals surface area contributed by atoms with Crippen molar-refractivity contribution in [2.24, 2.45) is 0 Å². The molecule has 0 saturated carbocycles. The van der Waals surface area contributed by atoms with Gasteiger partial charge in [0.25, 0.3) is 22.4 Å². The van der Waals surface area contributed by atoms with E-state index in [4.69, 9.17) is 0 Å². The summed E-state index contributed by atoms with van der Waals surface area (Å²) >= 11 is 2.00. The third-order valence-electron chi connectivity index (χ3n) is 3.31. The molecule has 0 spiro atoms. The summed E-state index contributed by atoms with van der Waals surface area (Å²) in [5.41, 5.74) is -0.0624. The van der Waals surface area contributed by atoms with E-state index >= 15 is 0 Å². The van der Waals surface area contributed by atoms with E-state index in [9.17, 15) is 22.0 Å². The number of halogens is 2. The van der Waals surface area contributed by atoms with Crippen LogP contribution in [0.4, 0.5) is 19.6 Å². The first-order valence-corrected chi connectivity index (χ1v) is 10.5. The zero-order chi connectivity index (χ0) is 19.6. The molecule has 0 saturated heterocycles. The van der Waals surface area contributed by atoms with E-state index in [-0.39, 0.29) is 26.2 Å². The number of alkyl halides is 2. The van der Waals surface area contributed by atoms with Gasteiger partial charge in [-0.15, -0.1) is 21.5 Å². The van der Waals surface area contributed by atoms with E-state index < -0.39 is 22.4 Å². The normalized spacial score (nSPS) is 11.6. The predicted octanol–water partition coefficient (Wildman–Crippen LogP) is 3.90. The number of aromatic nitrogens is 2. The van der Waals surface area contributed by atoms with Gasteiger partial charge in [0.05, 0.1) is 4.90 Å². The van der Waals surface area contributed by atoms with Crippen LogP contribution in [0, 0.1) is 6.92 Å². The van der Waals surface area contributed by atoms with Crippen LogP contribution in [0.1, 0.15) is 26.7 Å². The number of amides is 1. The van der Waals surface area contributed by atoms with Crippen LogP contribution in [-0.2, 0) is 10.0 Å². The Labute approximate surface area is 161 Å². The first-order chi connectivity index (χ1) is 12.8. The van der Waals surface area contributed by atoms with Gasteiger partial charge in [0.1, 0.15) is 9.88 Å². The van der Waals surface area contributed by atoms with Gasteiger partial charge in [-0.05, 0) is 42.6 Å². The number of hydrogen-bond acceptors (Lipinski definition) is 7.